The molecule has 1 amide bonds. The first-order chi connectivity index (χ1) is 13.2. The van der Waals surface area contributed by atoms with E-state index in [1.165, 1.54) is 24.1 Å². The number of para-hydroxylation sites is 1. The first kappa shape index (κ1) is 17.4. The van der Waals surface area contributed by atoms with Gasteiger partial charge in [-0.15, -0.1) is 0 Å². The van der Waals surface area contributed by atoms with E-state index < -0.39 is 0 Å². The maximum absolute atomic E-state index is 13.0. The Labute approximate surface area is 160 Å². The molecule has 1 aromatic heterocycles. The van der Waals surface area contributed by atoms with Crippen LogP contribution in [0.1, 0.15) is 28.8 Å². The molecule has 0 unspecified atom stereocenters. The Balaban J connectivity index is 1.53. The van der Waals surface area contributed by atoms with Gasteiger partial charge in [-0.25, -0.2) is 0 Å². The van der Waals surface area contributed by atoms with Gasteiger partial charge in [0.05, 0.1) is 0 Å². The molecule has 0 N–H and O–H groups in total. The normalized spacial score (nSPS) is 13.7. The molecule has 0 bridgehead atoms. The van der Waals surface area contributed by atoms with E-state index in [0.29, 0.717) is 12.1 Å². The van der Waals surface area contributed by atoms with Crippen LogP contribution in [0.3, 0.4) is 0 Å². The molecule has 1 aliphatic rings. The average molecular weight is 359 g/mol. The van der Waals surface area contributed by atoms with Gasteiger partial charge < -0.3 is 14.4 Å². The highest BCUT2D eigenvalue weighted by Crippen LogP contribution is 2.26. The lowest BCUT2D eigenvalue weighted by Crippen LogP contribution is -2.28. The summed E-state index contributed by atoms with van der Waals surface area (Å²) in [4.78, 5) is 17.2. The largest absolute Gasteiger partial charge is 0.371 e. The third-order valence-electron chi connectivity index (χ3n) is 5.19. The fourth-order valence-electron chi connectivity index (χ4n) is 3.76. The molecule has 0 atom stereocenters. The molecule has 0 aliphatic carbocycles. The molecule has 138 valence electrons. The Kier molecular flexibility index (Phi) is 4.97. The van der Waals surface area contributed by atoms with Crippen molar-refractivity contribution >= 4 is 11.6 Å². The van der Waals surface area contributed by atoms with Crippen LogP contribution in [-0.4, -0.2) is 35.5 Å². The Morgan fingerprint density at radius 2 is 1.70 bits per heavy atom. The van der Waals surface area contributed by atoms with Crippen LogP contribution < -0.4 is 4.90 Å². The zero-order valence-electron chi connectivity index (χ0n) is 15.7. The van der Waals surface area contributed by atoms with Gasteiger partial charge in [0, 0.05) is 56.0 Å². The number of hydrogen-bond acceptors (Lipinski definition) is 2. The van der Waals surface area contributed by atoms with Crippen molar-refractivity contribution in [2.75, 3.05) is 25.0 Å². The summed E-state index contributed by atoms with van der Waals surface area (Å²) in [5.74, 6) is 0.0419. The molecule has 4 rings (SSSR count). The van der Waals surface area contributed by atoms with E-state index in [2.05, 4.69) is 29.2 Å². The van der Waals surface area contributed by atoms with Gasteiger partial charge >= 0.3 is 0 Å². The lowest BCUT2D eigenvalue weighted by molar-refractivity contribution is 0.0785. The highest BCUT2D eigenvalue weighted by Gasteiger charge is 2.18. The molecule has 4 nitrogen and oxygen atoms in total. The molecule has 0 spiro atoms. The summed E-state index contributed by atoms with van der Waals surface area (Å²) >= 11 is 0. The van der Waals surface area contributed by atoms with Crippen LogP contribution in [-0.2, 0) is 6.54 Å². The number of nitrogens with zero attached hydrogens (tertiary/aromatic N) is 3. The van der Waals surface area contributed by atoms with Crippen molar-refractivity contribution in [3.63, 3.8) is 0 Å². The van der Waals surface area contributed by atoms with Crippen molar-refractivity contribution in [2.24, 2.45) is 0 Å². The number of amides is 1. The third-order valence-corrected chi connectivity index (χ3v) is 5.19. The maximum atomic E-state index is 13.0. The topological polar surface area (TPSA) is 28.5 Å². The van der Waals surface area contributed by atoms with Crippen LogP contribution in [0.25, 0.3) is 5.69 Å². The van der Waals surface area contributed by atoms with Gasteiger partial charge in [-0.1, -0.05) is 24.3 Å². The number of benzene rings is 2. The van der Waals surface area contributed by atoms with Crippen molar-refractivity contribution in [1.82, 2.24) is 9.47 Å². The van der Waals surface area contributed by atoms with Crippen LogP contribution in [0.2, 0.25) is 0 Å². The van der Waals surface area contributed by atoms with Gasteiger partial charge in [0.2, 0.25) is 0 Å². The van der Waals surface area contributed by atoms with E-state index >= 15 is 0 Å². The van der Waals surface area contributed by atoms with E-state index in [-0.39, 0.29) is 5.91 Å². The first-order valence-corrected chi connectivity index (χ1v) is 9.54. The molecular formula is C23H25N3O. The van der Waals surface area contributed by atoms with Crippen LogP contribution in [0.15, 0.2) is 73.1 Å². The zero-order valence-corrected chi connectivity index (χ0v) is 15.7. The smallest absolute Gasteiger partial charge is 0.253 e. The van der Waals surface area contributed by atoms with Gasteiger partial charge in [-0.3, -0.25) is 4.79 Å². The van der Waals surface area contributed by atoms with Crippen LogP contribution in [0.4, 0.5) is 5.69 Å². The molecule has 4 heteroatoms. The van der Waals surface area contributed by atoms with Crippen molar-refractivity contribution in [3.8, 4) is 5.69 Å². The van der Waals surface area contributed by atoms with Gasteiger partial charge in [-0.05, 0) is 54.8 Å². The fourth-order valence-corrected chi connectivity index (χ4v) is 3.76. The van der Waals surface area contributed by atoms with E-state index in [0.717, 1.165) is 18.8 Å². The zero-order chi connectivity index (χ0) is 18.6. The lowest BCUT2D eigenvalue weighted by atomic mass is 10.1. The van der Waals surface area contributed by atoms with Gasteiger partial charge in [0.25, 0.3) is 5.91 Å². The molecular weight excluding hydrogens is 334 g/mol. The third kappa shape index (κ3) is 3.75. The van der Waals surface area contributed by atoms with Gasteiger partial charge in [-0.2, -0.15) is 0 Å². The van der Waals surface area contributed by atoms with Crippen LogP contribution >= 0.6 is 0 Å². The summed E-state index contributed by atoms with van der Waals surface area (Å²) in [5.41, 5.74) is 4.17. The number of carbonyl (C=O) groups is 1. The van der Waals surface area contributed by atoms with Crippen molar-refractivity contribution < 1.29 is 4.79 Å². The Hall–Kier alpha value is -3.01. The van der Waals surface area contributed by atoms with E-state index in [4.69, 9.17) is 0 Å². The van der Waals surface area contributed by atoms with E-state index in [1.54, 1.807) is 0 Å². The van der Waals surface area contributed by atoms with E-state index in [9.17, 15) is 4.79 Å². The summed E-state index contributed by atoms with van der Waals surface area (Å²) < 4.78 is 2.01. The predicted octanol–water partition coefficient (Wildman–Crippen LogP) is 4.35. The molecule has 2 aromatic carbocycles. The van der Waals surface area contributed by atoms with E-state index in [1.807, 2.05) is 65.3 Å². The predicted molar refractivity (Wildman–Crippen MR) is 109 cm³/mol. The minimum absolute atomic E-state index is 0.0419. The van der Waals surface area contributed by atoms with Crippen LogP contribution in [0.5, 0.6) is 0 Å². The fraction of sp³-hybridized carbons (Fsp3) is 0.261. The highest BCUT2D eigenvalue weighted by atomic mass is 16.2. The quantitative estimate of drug-likeness (QED) is 0.677. The Morgan fingerprint density at radius 1 is 0.963 bits per heavy atom. The number of carbonyl (C=O) groups excluding carboxylic acids is 1. The van der Waals surface area contributed by atoms with Crippen molar-refractivity contribution in [2.45, 2.75) is 19.4 Å². The minimum Gasteiger partial charge on any atom is -0.371 e. The minimum atomic E-state index is 0.0419. The van der Waals surface area contributed by atoms with Gasteiger partial charge in [0.1, 0.15) is 0 Å². The Morgan fingerprint density at radius 3 is 2.48 bits per heavy atom. The molecule has 1 saturated heterocycles. The second kappa shape index (κ2) is 7.70. The summed E-state index contributed by atoms with van der Waals surface area (Å²) in [6.45, 7) is 2.82. The highest BCUT2D eigenvalue weighted by molar-refractivity contribution is 5.94. The monoisotopic (exact) mass is 359 g/mol. The SMILES string of the molecule is CN(Cc1ccccc1N1CCCC1)C(=O)c1cccc(-n2cccc2)c1. The number of anilines is 1. The number of aromatic nitrogens is 1. The summed E-state index contributed by atoms with van der Waals surface area (Å²) in [6, 6.07) is 20.2. The molecule has 0 saturated carbocycles. The standard InChI is InChI=1S/C23H25N3O/c1-24(18-20-9-2-3-12-22(20)26-15-6-7-16-26)23(27)19-10-8-11-21(17-19)25-13-4-5-14-25/h2-5,8-14,17H,6-7,15-16,18H2,1H3. The maximum Gasteiger partial charge on any atom is 0.253 e. The first-order valence-electron chi connectivity index (χ1n) is 9.54. The lowest BCUT2D eigenvalue weighted by Gasteiger charge is -2.24. The number of hydrogen-bond donors (Lipinski definition) is 0. The van der Waals surface area contributed by atoms with Crippen molar-refractivity contribution in [3.05, 3.63) is 84.2 Å². The summed E-state index contributed by atoms with van der Waals surface area (Å²) in [5, 5.41) is 0. The molecule has 1 aliphatic heterocycles. The van der Waals surface area contributed by atoms with Gasteiger partial charge in [0.15, 0.2) is 0 Å². The molecule has 1 fully saturated rings. The second-order valence-corrected chi connectivity index (χ2v) is 7.12. The average Bonchev–Trinajstić information content (AvgIpc) is 3.42. The number of rotatable bonds is 5. The Bertz CT molecular complexity index is 911. The summed E-state index contributed by atoms with van der Waals surface area (Å²) in [7, 11) is 1.88. The van der Waals surface area contributed by atoms with Crippen molar-refractivity contribution in [1.29, 1.82) is 0 Å². The molecule has 2 heterocycles. The second-order valence-electron chi connectivity index (χ2n) is 7.12. The molecule has 27 heavy (non-hydrogen) atoms. The molecule has 3 aromatic rings. The molecule has 0 radical (unpaired) electrons. The van der Waals surface area contributed by atoms with Crippen LogP contribution in [0, 0.1) is 0 Å². The summed E-state index contributed by atoms with van der Waals surface area (Å²) in [6.07, 6.45) is 6.46.